The second kappa shape index (κ2) is 7.24. The molecule has 1 aliphatic rings. The van der Waals surface area contributed by atoms with Crippen LogP contribution in [0.2, 0.25) is 0 Å². The van der Waals surface area contributed by atoms with Gasteiger partial charge in [0.15, 0.2) is 11.5 Å². The molecule has 144 valence electrons. The first kappa shape index (κ1) is 19.2. The van der Waals surface area contributed by atoms with Gasteiger partial charge in [-0.05, 0) is 54.8 Å². The van der Waals surface area contributed by atoms with E-state index in [1.54, 1.807) is 44.4 Å². The van der Waals surface area contributed by atoms with E-state index in [-0.39, 0.29) is 12.5 Å². The highest BCUT2D eigenvalue weighted by atomic mass is 16.5. The fourth-order valence-electron chi connectivity index (χ4n) is 3.28. The van der Waals surface area contributed by atoms with Crippen molar-refractivity contribution in [2.24, 2.45) is 0 Å². The molecule has 1 fully saturated rings. The van der Waals surface area contributed by atoms with Crippen LogP contribution in [0.5, 0.6) is 11.5 Å². The smallest absolute Gasteiger partial charge is 0.325 e. The summed E-state index contributed by atoms with van der Waals surface area (Å²) in [6.45, 7) is 3.66. The number of nitriles is 1. The van der Waals surface area contributed by atoms with Crippen molar-refractivity contribution in [3.05, 3.63) is 58.7 Å². The molecule has 1 aliphatic heterocycles. The van der Waals surface area contributed by atoms with Gasteiger partial charge in [-0.2, -0.15) is 5.26 Å². The number of amides is 3. The lowest BCUT2D eigenvalue weighted by Gasteiger charge is -2.22. The molecule has 0 spiro atoms. The van der Waals surface area contributed by atoms with Gasteiger partial charge in [0.2, 0.25) is 0 Å². The van der Waals surface area contributed by atoms with E-state index < -0.39 is 11.6 Å². The first-order valence-corrected chi connectivity index (χ1v) is 8.70. The number of nitrogens with one attached hydrogen (secondary N) is 1. The first-order valence-electron chi connectivity index (χ1n) is 8.70. The molecule has 7 nitrogen and oxygen atoms in total. The van der Waals surface area contributed by atoms with Crippen molar-refractivity contribution in [1.82, 2.24) is 10.2 Å². The molecule has 1 N–H and O–H groups in total. The van der Waals surface area contributed by atoms with Gasteiger partial charge in [-0.1, -0.05) is 12.1 Å². The molecule has 3 amide bonds. The first-order chi connectivity index (χ1) is 13.3. The summed E-state index contributed by atoms with van der Waals surface area (Å²) in [4.78, 5) is 26.9. The molecule has 1 heterocycles. The number of carbonyl (C=O) groups excluding carboxylic acids is 2. The maximum Gasteiger partial charge on any atom is 0.325 e. The zero-order chi connectivity index (χ0) is 20.5. The molecule has 0 radical (unpaired) electrons. The van der Waals surface area contributed by atoms with Crippen LogP contribution in [0.1, 0.15) is 29.2 Å². The predicted octanol–water partition coefficient (Wildman–Crippen LogP) is 2.85. The number of benzene rings is 2. The summed E-state index contributed by atoms with van der Waals surface area (Å²) in [5.74, 6) is 0.768. The molecule has 2 aromatic rings. The molecule has 0 saturated carbocycles. The standard InChI is InChI=1S/C21H21N3O4/c1-13-9-17(27-3)18(28-4)10-15(13)12-24-19(25)21(2,23-20(24)26)16-7-5-14(11-22)6-8-16/h5-10H,12H2,1-4H3,(H,23,26). The molecule has 0 bridgehead atoms. The summed E-state index contributed by atoms with van der Waals surface area (Å²) < 4.78 is 10.6. The summed E-state index contributed by atoms with van der Waals surface area (Å²) in [6, 6.07) is 11.8. The Morgan fingerprint density at radius 3 is 2.29 bits per heavy atom. The Bertz CT molecular complexity index is 978. The number of aryl methyl sites for hydroxylation is 1. The van der Waals surface area contributed by atoms with Gasteiger partial charge in [0.1, 0.15) is 5.54 Å². The monoisotopic (exact) mass is 379 g/mol. The molecule has 3 rings (SSSR count). The number of hydrogen-bond acceptors (Lipinski definition) is 5. The second-order valence-corrected chi connectivity index (χ2v) is 6.77. The summed E-state index contributed by atoms with van der Waals surface area (Å²) in [7, 11) is 3.09. The fraction of sp³-hybridized carbons (Fsp3) is 0.286. The number of nitrogens with zero attached hydrogens (tertiary/aromatic N) is 2. The Morgan fingerprint density at radius 2 is 1.71 bits per heavy atom. The van der Waals surface area contributed by atoms with Crippen molar-refractivity contribution in [2.45, 2.75) is 25.9 Å². The molecular weight excluding hydrogens is 358 g/mol. The van der Waals surface area contributed by atoms with Crippen LogP contribution in [0.3, 0.4) is 0 Å². The van der Waals surface area contributed by atoms with Crippen molar-refractivity contribution in [3.8, 4) is 17.6 Å². The minimum absolute atomic E-state index is 0.114. The lowest BCUT2D eigenvalue weighted by Crippen LogP contribution is -2.40. The SMILES string of the molecule is COc1cc(C)c(CN2C(=O)NC(C)(c3ccc(C#N)cc3)C2=O)cc1OC. The van der Waals surface area contributed by atoms with Gasteiger partial charge in [0, 0.05) is 0 Å². The van der Waals surface area contributed by atoms with Crippen LogP contribution >= 0.6 is 0 Å². The maximum atomic E-state index is 13.1. The molecule has 2 aromatic carbocycles. The normalized spacial score (nSPS) is 18.6. The summed E-state index contributed by atoms with van der Waals surface area (Å²) in [5, 5.41) is 11.7. The van der Waals surface area contributed by atoms with Crippen molar-refractivity contribution in [2.75, 3.05) is 14.2 Å². The number of ether oxygens (including phenoxy) is 2. The van der Waals surface area contributed by atoms with Crippen molar-refractivity contribution in [3.63, 3.8) is 0 Å². The van der Waals surface area contributed by atoms with Gasteiger partial charge < -0.3 is 14.8 Å². The zero-order valence-corrected chi connectivity index (χ0v) is 16.2. The van der Waals surface area contributed by atoms with Crippen LogP contribution in [-0.4, -0.2) is 31.1 Å². The Balaban J connectivity index is 1.91. The quantitative estimate of drug-likeness (QED) is 0.807. The van der Waals surface area contributed by atoms with E-state index in [4.69, 9.17) is 14.7 Å². The number of urea groups is 1. The molecule has 7 heteroatoms. The highest BCUT2D eigenvalue weighted by molar-refractivity contribution is 6.07. The third-order valence-electron chi connectivity index (χ3n) is 5.04. The number of hydrogen-bond donors (Lipinski definition) is 1. The minimum atomic E-state index is -1.18. The Kier molecular flexibility index (Phi) is 4.97. The minimum Gasteiger partial charge on any atom is -0.493 e. The lowest BCUT2D eigenvalue weighted by molar-refractivity contribution is -0.131. The van der Waals surface area contributed by atoms with E-state index >= 15 is 0 Å². The lowest BCUT2D eigenvalue weighted by atomic mass is 9.91. The third-order valence-corrected chi connectivity index (χ3v) is 5.04. The van der Waals surface area contributed by atoms with Crippen LogP contribution in [0, 0.1) is 18.3 Å². The van der Waals surface area contributed by atoms with E-state index in [9.17, 15) is 9.59 Å². The number of imide groups is 1. The average Bonchev–Trinajstić information content (AvgIpc) is 2.92. The van der Waals surface area contributed by atoms with Gasteiger partial charge >= 0.3 is 6.03 Å². The molecule has 1 unspecified atom stereocenters. The summed E-state index contributed by atoms with van der Waals surface area (Å²) >= 11 is 0. The number of rotatable bonds is 5. The fourth-order valence-corrected chi connectivity index (χ4v) is 3.28. The van der Waals surface area contributed by atoms with Crippen LogP contribution in [0.25, 0.3) is 0 Å². The number of methoxy groups -OCH3 is 2. The largest absolute Gasteiger partial charge is 0.493 e. The molecule has 28 heavy (non-hydrogen) atoms. The summed E-state index contributed by atoms with van der Waals surface area (Å²) in [5.41, 5.74) is 1.59. The topological polar surface area (TPSA) is 91.7 Å². The predicted molar refractivity (Wildman–Crippen MR) is 102 cm³/mol. The Labute approximate surface area is 163 Å². The van der Waals surface area contributed by atoms with E-state index in [0.29, 0.717) is 22.6 Å². The van der Waals surface area contributed by atoms with Gasteiger partial charge in [-0.15, -0.1) is 0 Å². The van der Waals surface area contributed by atoms with Gasteiger partial charge in [0.25, 0.3) is 5.91 Å². The maximum absolute atomic E-state index is 13.1. The molecule has 1 atom stereocenters. The van der Waals surface area contributed by atoms with E-state index in [2.05, 4.69) is 5.32 Å². The zero-order valence-electron chi connectivity index (χ0n) is 16.2. The van der Waals surface area contributed by atoms with Crippen molar-refractivity contribution < 1.29 is 19.1 Å². The van der Waals surface area contributed by atoms with Gasteiger partial charge in [-0.3, -0.25) is 9.69 Å². The van der Waals surface area contributed by atoms with Crippen LogP contribution in [-0.2, 0) is 16.9 Å². The van der Waals surface area contributed by atoms with E-state index in [1.165, 1.54) is 12.0 Å². The van der Waals surface area contributed by atoms with Crippen LogP contribution in [0.15, 0.2) is 36.4 Å². The molecule has 0 aliphatic carbocycles. The van der Waals surface area contributed by atoms with Crippen molar-refractivity contribution in [1.29, 1.82) is 5.26 Å². The van der Waals surface area contributed by atoms with Crippen LogP contribution < -0.4 is 14.8 Å². The van der Waals surface area contributed by atoms with Gasteiger partial charge in [0.05, 0.1) is 32.4 Å². The highest BCUT2D eigenvalue weighted by Crippen LogP contribution is 2.33. The van der Waals surface area contributed by atoms with Crippen molar-refractivity contribution >= 4 is 11.9 Å². The molecule has 1 saturated heterocycles. The van der Waals surface area contributed by atoms with E-state index in [0.717, 1.165) is 11.1 Å². The highest BCUT2D eigenvalue weighted by Gasteiger charge is 2.49. The Hall–Kier alpha value is -3.53. The Morgan fingerprint density at radius 1 is 1.11 bits per heavy atom. The second-order valence-electron chi connectivity index (χ2n) is 6.77. The average molecular weight is 379 g/mol. The summed E-state index contributed by atoms with van der Waals surface area (Å²) in [6.07, 6.45) is 0. The van der Waals surface area contributed by atoms with Gasteiger partial charge in [-0.25, -0.2) is 4.79 Å². The molecular formula is C21H21N3O4. The number of carbonyl (C=O) groups is 2. The van der Waals surface area contributed by atoms with Crippen LogP contribution in [0.4, 0.5) is 4.79 Å². The van der Waals surface area contributed by atoms with E-state index in [1.807, 2.05) is 19.1 Å². The molecule has 0 aromatic heterocycles. The third kappa shape index (κ3) is 3.14.